The van der Waals surface area contributed by atoms with Gasteiger partial charge in [0.15, 0.2) is 0 Å². The normalized spacial score (nSPS) is 12.8. The van der Waals surface area contributed by atoms with Crippen molar-refractivity contribution in [1.82, 2.24) is 4.98 Å². The summed E-state index contributed by atoms with van der Waals surface area (Å²) in [4.78, 5) is 7.97. The maximum atomic E-state index is 8.87. The zero-order valence-corrected chi connectivity index (χ0v) is 14.6. The Kier molecular flexibility index (Phi) is 7.96. The summed E-state index contributed by atoms with van der Waals surface area (Å²) in [6.45, 7) is 6.62. The predicted molar refractivity (Wildman–Crippen MR) is 93.6 cm³/mol. The number of ether oxygens (including phenoxy) is 1. The SMILES string of the molecule is CC/C(=C\c1[nH]c(C(CCCCCO)=NC)c(C)c1C)OC. The monoisotopic (exact) mass is 306 g/mol. The zero-order chi connectivity index (χ0) is 16.5. The summed E-state index contributed by atoms with van der Waals surface area (Å²) in [5.74, 6) is 0.967. The van der Waals surface area contributed by atoms with E-state index >= 15 is 0 Å². The highest BCUT2D eigenvalue weighted by Gasteiger charge is 2.14. The molecule has 1 rings (SSSR count). The summed E-state index contributed by atoms with van der Waals surface area (Å²) >= 11 is 0. The fourth-order valence-electron chi connectivity index (χ4n) is 2.54. The Morgan fingerprint density at radius 3 is 2.50 bits per heavy atom. The molecule has 4 heteroatoms. The fourth-order valence-corrected chi connectivity index (χ4v) is 2.54. The summed E-state index contributed by atoms with van der Waals surface area (Å²) in [5, 5.41) is 8.87. The summed E-state index contributed by atoms with van der Waals surface area (Å²) in [7, 11) is 3.56. The molecule has 0 unspecified atom stereocenters. The van der Waals surface area contributed by atoms with Crippen LogP contribution >= 0.6 is 0 Å². The van der Waals surface area contributed by atoms with E-state index in [9.17, 15) is 0 Å². The molecule has 0 aliphatic rings. The van der Waals surface area contributed by atoms with Crippen LogP contribution in [0.3, 0.4) is 0 Å². The first-order valence-corrected chi connectivity index (χ1v) is 8.09. The molecule has 0 bridgehead atoms. The Morgan fingerprint density at radius 1 is 1.23 bits per heavy atom. The molecule has 0 aliphatic carbocycles. The number of allylic oxidation sites excluding steroid dienone is 1. The van der Waals surface area contributed by atoms with Crippen molar-refractivity contribution in [2.24, 2.45) is 4.99 Å². The van der Waals surface area contributed by atoms with Crippen LogP contribution in [0.25, 0.3) is 6.08 Å². The van der Waals surface area contributed by atoms with Crippen LogP contribution in [0, 0.1) is 13.8 Å². The number of aromatic amines is 1. The van der Waals surface area contributed by atoms with Crippen LogP contribution in [0.5, 0.6) is 0 Å². The number of unbranched alkanes of at least 4 members (excludes halogenated alkanes) is 2. The molecule has 1 aromatic rings. The quantitative estimate of drug-likeness (QED) is 0.411. The molecule has 0 spiro atoms. The molecule has 124 valence electrons. The van der Waals surface area contributed by atoms with Gasteiger partial charge in [-0.1, -0.05) is 13.3 Å². The van der Waals surface area contributed by atoms with Crippen molar-refractivity contribution in [3.63, 3.8) is 0 Å². The first kappa shape index (κ1) is 18.5. The van der Waals surface area contributed by atoms with Gasteiger partial charge in [-0.05, 0) is 50.3 Å². The van der Waals surface area contributed by atoms with Crippen molar-refractivity contribution in [1.29, 1.82) is 0 Å². The molecule has 1 aromatic heterocycles. The molecular weight excluding hydrogens is 276 g/mol. The topological polar surface area (TPSA) is 57.6 Å². The summed E-state index contributed by atoms with van der Waals surface area (Å²) in [6.07, 6.45) is 6.83. The Labute approximate surface area is 134 Å². The summed E-state index contributed by atoms with van der Waals surface area (Å²) in [5.41, 5.74) is 5.83. The third kappa shape index (κ3) is 4.73. The van der Waals surface area contributed by atoms with Gasteiger partial charge < -0.3 is 14.8 Å². The molecule has 4 nitrogen and oxygen atoms in total. The van der Waals surface area contributed by atoms with Gasteiger partial charge in [0.25, 0.3) is 0 Å². The minimum absolute atomic E-state index is 0.269. The Hall–Kier alpha value is -1.55. The number of H-pyrrole nitrogens is 1. The number of nitrogens with one attached hydrogen (secondary N) is 1. The van der Waals surface area contributed by atoms with Crippen molar-refractivity contribution in [2.75, 3.05) is 20.8 Å². The van der Waals surface area contributed by atoms with Crippen LogP contribution in [0.4, 0.5) is 0 Å². The largest absolute Gasteiger partial charge is 0.501 e. The lowest BCUT2D eigenvalue weighted by Gasteiger charge is -2.05. The molecule has 0 saturated carbocycles. The lowest BCUT2D eigenvalue weighted by atomic mass is 10.0. The third-order valence-corrected chi connectivity index (χ3v) is 4.15. The molecule has 0 aliphatic heterocycles. The first-order chi connectivity index (χ1) is 10.6. The fraction of sp³-hybridized carbons (Fsp3) is 0.611. The van der Waals surface area contributed by atoms with E-state index in [2.05, 4.69) is 36.8 Å². The average molecular weight is 306 g/mol. The number of hydrogen-bond acceptors (Lipinski definition) is 3. The maximum absolute atomic E-state index is 8.87. The number of hydrogen-bond donors (Lipinski definition) is 2. The van der Waals surface area contributed by atoms with Crippen molar-refractivity contribution in [3.8, 4) is 0 Å². The van der Waals surface area contributed by atoms with Gasteiger partial charge in [0, 0.05) is 25.8 Å². The molecule has 2 N–H and O–H groups in total. The molecule has 1 heterocycles. The van der Waals surface area contributed by atoms with Crippen LogP contribution in [0.1, 0.15) is 61.5 Å². The van der Waals surface area contributed by atoms with Gasteiger partial charge in [-0.25, -0.2) is 0 Å². The van der Waals surface area contributed by atoms with Gasteiger partial charge in [0.05, 0.1) is 24.3 Å². The second-order valence-corrected chi connectivity index (χ2v) is 5.54. The third-order valence-electron chi connectivity index (χ3n) is 4.15. The van der Waals surface area contributed by atoms with Gasteiger partial charge in [0.1, 0.15) is 0 Å². The molecule has 0 saturated heterocycles. The van der Waals surface area contributed by atoms with Gasteiger partial charge in [-0.15, -0.1) is 0 Å². The van der Waals surface area contributed by atoms with E-state index in [-0.39, 0.29) is 6.61 Å². The number of methoxy groups -OCH3 is 1. The number of aliphatic hydroxyl groups is 1. The maximum Gasteiger partial charge on any atom is 0.0973 e. The highest BCUT2D eigenvalue weighted by molar-refractivity contribution is 6.01. The van der Waals surface area contributed by atoms with Crippen molar-refractivity contribution in [3.05, 3.63) is 28.3 Å². The van der Waals surface area contributed by atoms with Crippen LogP contribution in [-0.4, -0.2) is 36.6 Å². The highest BCUT2D eigenvalue weighted by atomic mass is 16.5. The lowest BCUT2D eigenvalue weighted by Crippen LogP contribution is -2.04. The number of aromatic nitrogens is 1. The van der Waals surface area contributed by atoms with Gasteiger partial charge in [-0.2, -0.15) is 0 Å². The minimum atomic E-state index is 0.269. The lowest BCUT2D eigenvalue weighted by molar-refractivity contribution is 0.283. The van der Waals surface area contributed by atoms with Gasteiger partial charge in [-0.3, -0.25) is 4.99 Å². The van der Waals surface area contributed by atoms with E-state index in [0.29, 0.717) is 0 Å². The number of nitrogens with zero attached hydrogens (tertiary/aromatic N) is 1. The minimum Gasteiger partial charge on any atom is -0.501 e. The second-order valence-electron chi connectivity index (χ2n) is 5.54. The number of rotatable bonds is 9. The van der Waals surface area contributed by atoms with Gasteiger partial charge >= 0.3 is 0 Å². The Balaban J connectivity index is 2.97. The second kappa shape index (κ2) is 9.46. The first-order valence-electron chi connectivity index (χ1n) is 8.09. The zero-order valence-electron chi connectivity index (χ0n) is 14.6. The summed E-state index contributed by atoms with van der Waals surface area (Å²) in [6, 6.07) is 0. The molecule has 0 aromatic carbocycles. The van der Waals surface area contributed by atoms with Crippen LogP contribution < -0.4 is 0 Å². The van der Waals surface area contributed by atoms with Crippen LogP contribution in [0.15, 0.2) is 10.8 Å². The smallest absolute Gasteiger partial charge is 0.0973 e. The van der Waals surface area contributed by atoms with E-state index in [1.54, 1.807) is 7.11 Å². The molecule has 0 atom stereocenters. The van der Waals surface area contributed by atoms with E-state index in [1.165, 1.54) is 11.1 Å². The predicted octanol–water partition coefficient (Wildman–Crippen LogP) is 4.00. The molecule has 22 heavy (non-hydrogen) atoms. The van der Waals surface area contributed by atoms with Gasteiger partial charge in [0.2, 0.25) is 0 Å². The van der Waals surface area contributed by atoms with Crippen molar-refractivity contribution < 1.29 is 9.84 Å². The molecule has 0 radical (unpaired) electrons. The average Bonchev–Trinajstić information content (AvgIpc) is 2.81. The van der Waals surface area contributed by atoms with E-state index < -0.39 is 0 Å². The van der Waals surface area contributed by atoms with Crippen molar-refractivity contribution >= 4 is 11.8 Å². The van der Waals surface area contributed by atoms with Crippen LogP contribution in [-0.2, 0) is 4.74 Å². The molecule has 0 amide bonds. The molecule has 0 fully saturated rings. The van der Waals surface area contributed by atoms with E-state index in [0.717, 1.165) is 55.0 Å². The van der Waals surface area contributed by atoms with E-state index in [1.807, 2.05) is 7.05 Å². The Morgan fingerprint density at radius 2 is 1.95 bits per heavy atom. The van der Waals surface area contributed by atoms with E-state index in [4.69, 9.17) is 9.84 Å². The Bertz CT molecular complexity index is 521. The standard InChI is InChI=1S/C18H30N2O2/c1-6-15(22-5)12-17-13(2)14(3)18(20-17)16(19-4)10-8-7-9-11-21/h12,20-21H,6-11H2,1-5H3/b15-12+,19-16?. The van der Waals surface area contributed by atoms with Crippen LogP contribution in [0.2, 0.25) is 0 Å². The number of aliphatic imine (C=N–C) groups is 1. The highest BCUT2D eigenvalue weighted by Crippen LogP contribution is 2.23. The summed E-state index contributed by atoms with van der Waals surface area (Å²) < 4.78 is 5.37. The van der Waals surface area contributed by atoms with Crippen molar-refractivity contribution in [2.45, 2.75) is 52.9 Å². The number of aliphatic hydroxyl groups excluding tert-OH is 1. The molecular formula is C18H30N2O2.